The lowest BCUT2D eigenvalue weighted by Gasteiger charge is -2.23. The molecule has 0 saturated carbocycles. The van der Waals surface area contributed by atoms with Crippen LogP contribution < -0.4 is 11.1 Å². The molecule has 3 N–H and O–H groups in total. The van der Waals surface area contributed by atoms with Crippen molar-refractivity contribution < 1.29 is 0 Å². The van der Waals surface area contributed by atoms with Gasteiger partial charge >= 0.3 is 0 Å². The smallest absolute Gasteiger partial charge is 0.129 e. The van der Waals surface area contributed by atoms with Crippen LogP contribution in [0.5, 0.6) is 0 Å². The largest absolute Gasteiger partial charge is 0.383 e. The van der Waals surface area contributed by atoms with Gasteiger partial charge in [-0.15, -0.1) is 0 Å². The van der Waals surface area contributed by atoms with Gasteiger partial charge in [0.15, 0.2) is 0 Å². The average molecular weight is 734 g/mol. The summed E-state index contributed by atoms with van der Waals surface area (Å²) in [6.45, 7) is 5.31. The molecule has 3 nitrogen and oxygen atoms in total. The molecule has 0 atom stereocenters. The Morgan fingerprint density at radius 3 is 2.16 bits per heavy atom. The Kier molecular flexibility index (Phi) is 7.62. The van der Waals surface area contributed by atoms with Gasteiger partial charge in [0.05, 0.1) is 5.70 Å². The van der Waals surface area contributed by atoms with Crippen molar-refractivity contribution in [3.63, 3.8) is 0 Å². The normalized spacial score (nSPS) is 16.0. The Morgan fingerprint density at radius 1 is 0.614 bits per heavy atom. The van der Waals surface area contributed by atoms with Crippen LogP contribution in [0.25, 0.3) is 66.0 Å². The van der Waals surface area contributed by atoms with Crippen molar-refractivity contribution in [2.75, 3.05) is 6.54 Å². The highest BCUT2D eigenvalue weighted by atomic mass is 14.9. The zero-order valence-corrected chi connectivity index (χ0v) is 32.4. The third kappa shape index (κ3) is 5.44. The fourth-order valence-electron chi connectivity index (χ4n) is 9.88. The van der Waals surface area contributed by atoms with Crippen LogP contribution in [-0.2, 0) is 18.3 Å². The second-order valence-electron chi connectivity index (χ2n) is 16.5. The number of nitrogens with zero attached hydrogens (tertiary/aromatic N) is 1. The summed E-state index contributed by atoms with van der Waals surface area (Å²) in [5.74, 6) is 0.563. The molecule has 57 heavy (non-hydrogen) atoms. The number of hydrogen-bond donors (Lipinski definition) is 2. The van der Waals surface area contributed by atoms with Gasteiger partial charge in [0.25, 0.3) is 0 Å². The van der Waals surface area contributed by atoms with Crippen LogP contribution in [0, 0.1) is 0 Å². The fourth-order valence-corrected chi connectivity index (χ4v) is 9.88. The predicted molar refractivity (Wildman–Crippen MR) is 241 cm³/mol. The molecule has 8 aromatic rings. The summed E-state index contributed by atoms with van der Waals surface area (Å²) in [6, 6.07) is 53.7. The van der Waals surface area contributed by atoms with Gasteiger partial charge in [-0.05, 0) is 114 Å². The summed E-state index contributed by atoms with van der Waals surface area (Å²) >= 11 is 0. The summed E-state index contributed by atoms with van der Waals surface area (Å²) in [5.41, 5.74) is 24.4. The highest BCUT2D eigenvalue weighted by Gasteiger charge is 2.35. The molecule has 0 bridgehead atoms. The SMILES string of the molecule is CC1(C)c2ccccc2-c2ccc(-c3cccc(CC4=C(N=C(N)C5=CC=C(c6ccc7ccc8cccc9ccc6c7c89)NC5)c5ccccc5CC4)c3)cc21. The molecule has 0 amide bonds. The first-order chi connectivity index (χ1) is 27.9. The fraction of sp³-hybridized carbons (Fsp3) is 0.130. The van der Waals surface area contributed by atoms with E-state index in [2.05, 4.69) is 177 Å². The van der Waals surface area contributed by atoms with Gasteiger partial charge in [-0.3, -0.25) is 0 Å². The Labute approximate surface area is 333 Å². The van der Waals surface area contributed by atoms with Crippen molar-refractivity contribution >= 4 is 49.5 Å². The van der Waals surface area contributed by atoms with Gasteiger partial charge < -0.3 is 11.1 Å². The Bertz CT molecular complexity index is 3060. The molecule has 0 saturated heterocycles. The lowest BCUT2D eigenvalue weighted by atomic mass is 9.81. The number of rotatable bonds is 6. The second-order valence-corrected chi connectivity index (χ2v) is 16.5. The van der Waals surface area contributed by atoms with E-state index in [1.807, 2.05) is 0 Å². The van der Waals surface area contributed by atoms with E-state index in [1.165, 1.54) is 93.5 Å². The van der Waals surface area contributed by atoms with Crippen LogP contribution >= 0.6 is 0 Å². The van der Waals surface area contributed by atoms with Crippen LogP contribution in [0.4, 0.5) is 0 Å². The van der Waals surface area contributed by atoms with Gasteiger partial charge in [-0.1, -0.05) is 159 Å². The third-order valence-corrected chi connectivity index (χ3v) is 12.9. The number of fused-ring (bicyclic) bond motifs is 4. The molecular formula is C54H43N3. The van der Waals surface area contributed by atoms with Gasteiger partial charge in [0, 0.05) is 34.4 Å². The number of nitrogens with one attached hydrogen (secondary N) is 1. The number of nitrogens with two attached hydrogens (primary N) is 1. The van der Waals surface area contributed by atoms with Crippen LogP contribution in [0.1, 0.15) is 53.6 Å². The highest BCUT2D eigenvalue weighted by Crippen LogP contribution is 2.49. The maximum atomic E-state index is 6.94. The predicted octanol–water partition coefficient (Wildman–Crippen LogP) is 12.4. The van der Waals surface area contributed by atoms with E-state index in [0.717, 1.165) is 36.2 Å². The van der Waals surface area contributed by atoms with Crippen molar-refractivity contribution in [2.24, 2.45) is 10.7 Å². The number of allylic oxidation sites excluding steroid dienone is 3. The highest BCUT2D eigenvalue weighted by molar-refractivity contribution is 6.24. The quantitative estimate of drug-likeness (QED) is 0.102. The standard InChI is InChI=1S/C54H43N3/c1-54(2)47-16-6-5-15-43(47)44-25-23-39(31-48(44)54)38-13-7-9-33(29-38)30-40-20-17-34-10-3-4-14-42(34)52(40)57-53(55)41-24-28-49(56-32-41)45-26-21-37-19-18-35-11-8-12-36-22-27-46(45)51(37)50(35)36/h3-16,18-19,21-29,31,56H,17,20,30,32H2,1-2H3,(H2,55,57). The molecule has 0 unspecified atom stereocenters. The summed E-state index contributed by atoms with van der Waals surface area (Å²) in [5, 5.41) is 11.5. The third-order valence-electron chi connectivity index (χ3n) is 12.9. The van der Waals surface area contributed by atoms with Crippen LogP contribution in [0.15, 0.2) is 174 Å². The molecule has 0 fully saturated rings. The van der Waals surface area contributed by atoms with Crippen molar-refractivity contribution in [3.8, 4) is 22.3 Å². The lowest BCUT2D eigenvalue weighted by Crippen LogP contribution is -2.27. The minimum Gasteiger partial charge on any atom is -0.383 e. The Morgan fingerprint density at radius 2 is 1.32 bits per heavy atom. The number of amidine groups is 1. The topological polar surface area (TPSA) is 50.4 Å². The molecule has 2 aliphatic carbocycles. The van der Waals surface area contributed by atoms with E-state index in [4.69, 9.17) is 10.7 Å². The first-order valence-corrected chi connectivity index (χ1v) is 20.2. The second kappa shape index (κ2) is 12.9. The molecular weight excluding hydrogens is 691 g/mol. The molecule has 0 radical (unpaired) electrons. The van der Waals surface area contributed by atoms with Gasteiger partial charge in [0.2, 0.25) is 0 Å². The summed E-state index contributed by atoms with van der Waals surface area (Å²) in [4.78, 5) is 5.27. The van der Waals surface area contributed by atoms with E-state index < -0.39 is 0 Å². The number of dihydropyridines is 1. The first-order valence-electron chi connectivity index (χ1n) is 20.2. The van der Waals surface area contributed by atoms with Crippen molar-refractivity contribution in [1.82, 2.24) is 5.32 Å². The molecule has 11 rings (SSSR count). The Balaban J connectivity index is 0.925. The minimum atomic E-state index is -0.0308. The molecule has 274 valence electrons. The molecule has 1 aliphatic heterocycles. The van der Waals surface area contributed by atoms with E-state index in [-0.39, 0.29) is 5.41 Å². The maximum Gasteiger partial charge on any atom is 0.129 e. The van der Waals surface area contributed by atoms with Crippen LogP contribution in [0.2, 0.25) is 0 Å². The molecule has 3 aliphatic rings. The number of aryl methyl sites for hydroxylation is 1. The van der Waals surface area contributed by atoms with Crippen LogP contribution in [-0.4, -0.2) is 12.4 Å². The van der Waals surface area contributed by atoms with E-state index >= 15 is 0 Å². The molecule has 1 heterocycles. The number of hydrogen-bond acceptors (Lipinski definition) is 2. The molecule has 0 spiro atoms. The van der Waals surface area contributed by atoms with Crippen molar-refractivity contribution in [1.29, 1.82) is 0 Å². The average Bonchev–Trinajstić information content (AvgIpc) is 3.49. The number of aliphatic imine (C=N–C) groups is 1. The summed E-state index contributed by atoms with van der Waals surface area (Å²) in [6.07, 6.45) is 7.10. The minimum absolute atomic E-state index is 0.0308. The zero-order valence-electron chi connectivity index (χ0n) is 32.4. The monoisotopic (exact) mass is 733 g/mol. The van der Waals surface area contributed by atoms with E-state index in [9.17, 15) is 0 Å². The van der Waals surface area contributed by atoms with E-state index in [1.54, 1.807) is 0 Å². The van der Waals surface area contributed by atoms with Gasteiger partial charge in [-0.2, -0.15) is 0 Å². The van der Waals surface area contributed by atoms with Crippen molar-refractivity contribution in [2.45, 2.75) is 38.5 Å². The lowest BCUT2D eigenvalue weighted by molar-refractivity contribution is 0.660. The van der Waals surface area contributed by atoms with Crippen molar-refractivity contribution in [3.05, 3.63) is 202 Å². The van der Waals surface area contributed by atoms with Crippen LogP contribution in [0.3, 0.4) is 0 Å². The van der Waals surface area contributed by atoms with Gasteiger partial charge in [0.1, 0.15) is 5.84 Å². The maximum absolute atomic E-state index is 6.94. The summed E-state index contributed by atoms with van der Waals surface area (Å²) in [7, 11) is 0. The Hall–Kier alpha value is -6.71. The molecule has 0 aromatic heterocycles. The first kappa shape index (κ1) is 33.6. The summed E-state index contributed by atoms with van der Waals surface area (Å²) < 4.78 is 0. The molecule has 8 aromatic carbocycles. The van der Waals surface area contributed by atoms with Gasteiger partial charge in [-0.25, -0.2) is 4.99 Å². The zero-order chi connectivity index (χ0) is 38.3. The van der Waals surface area contributed by atoms with E-state index in [0.29, 0.717) is 12.4 Å². The molecule has 3 heteroatoms. The number of benzene rings is 8.